The molecule has 1 aliphatic heterocycles. The van der Waals surface area contributed by atoms with E-state index in [2.05, 4.69) is 21.8 Å². The summed E-state index contributed by atoms with van der Waals surface area (Å²) in [6, 6.07) is 7.32. The molecule has 23 heavy (non-hydrogen) atoms. The molecule has 2 heterocycles. The molecular weight excluding hydrogens is 290 g/mol. The molecule has 1 atom stereocenters. The van der Waals surface area contributed by atoms with E-state index in [9.17, 15) is 9.90 Å². The number of aryl methyl sites for hydroxylation is 1. The van der Waals surface area contributed by atoms with Crippen molar-refractivity contribution in [2.45, 2.75) is 32.1 Å². The lowest BCUT2D eigenvalue weighted by atomic mass is 9.93. The van der Waals surface area contributed by atoms with E-state index in [1.54, 1.807) is 18.5 Å². The van der Waals surface area contributed by atoms with Crippen LogP contribution in [0.2, 0.25) is 0 Å². The number of carbonyl (C=O) groups is 1. The van der Waals surface area contributed by atoms with Gasteiger partial charge in [-0.25, -0.2) is 14.8 Å². The molecule has 5 heteroatoms. The van der Waals surface area contributed by atoms with Crippen molar-refractivity contribution in [1.82, 2.24) is 9.97 Å². The topological polar surface area (TPSA) is 66.3 Å². The first-order valence-corrected chi connectivity index (χ1v) is 8.06. The van der Waals surface area contributed by atoms with Crippen LogP contribution in [0.3, 0.4) is 0 Å². The third kappa shape index (κ3) is 3.18. The molecule has 5 nitrogen and oxygen atoms in total. The zero-order chi connectivity index (χ0) is 16.2. The standard InChI is InChI=1S/C18H21N3O2/c1-2-5-13-10-19-12-20-17(13)21-9-8-14(11-21)15-6-3-4-7-16(15)18(22)23/h3-4,6-7,10,12,14H,2,5,8-9,11H2,1H3,(H,22,23)/t14-/m1/s1. The predicted octanol–water partition coefficient (Wildman–Crippen LogP) is 3.12. The number of nitrogens with zero attached hydrogens (tertiary/aromatic N) is 3. The SMILES string of the molecule is CCCc1cncnc1N1CC[C@@H](c2ccccc2C(=O)O)C1. The predicted molar refractivity (Wildman–Crippen MR) is 89.0 cm³/mol. The molecule has 1 aromatic carbocycles. The second-order valence-electron chi connectivity index (χ2n) is 5.95. The fourth-order valence-electron chi connectivity index (χ4n) is 3.34. The van der Waals surface area contributed by atoms with Crippen molar-refractivity contribution in [3.05, 3.63) is 53.5 Å². The Balaban J connectivity index is 1.83. The average molecular weight is 311 g/mol. The second-order valence-corrected chi connectivity index (χ2v) is 5.95. The van der Waals surface area contributed by atoms with Gasteiger partial charge in [0.15, 0.2) is 0 Å². The zero-order valence-corrected chi connectivity index (χ0v) is 13.3. The van der Waals surface area contributed by atoms with Crippen LogP contribution in [0.4, 0.5) is 5.82 Å². The number of hydrogen-bond donors (Lipinski definition) is 1. The van der Waals surface area contributed by atoms with Gasteiger partial charge in [0, 0.05) is 30.8 Å². The molecule has 1 aliphatic rings. The molecule has 0 radical (unpaired) electrons. The van der Waals surface area contributed by atoms with Gasteiger partial charge in [0.2, 0.25) is 0 Å². The Morgan fingerprint density at radius 3 is 3.00 bits per heavy atom. The van der Waals surface area contributed by atoms with Gasteiger partial charge in [-0.15, -0.1) is 0 Å². The first-order chi connectivity index (χ1) is 11.2. The van der Waals surface area contributed by atoms with Gasteiger partial charge in [-0.05, 0) is 24.5 Å². The monoisotopic (exact) mass is 311 g/mol. The van der Waals surface area contributed by atoms with Gasteiger partial charge in [-0.1, -0.05) is 31.5 Å². The number of carboxylic acids is 1. The van der Waals surface area contributed by atoms with Gasteiger partial charge in [-0.2, -0.15) is 0 Å². The minimum Gasteiger partial charge on any atom is -0.478 e. The molecule has 2 aromatic rings. The summed E-state index contributed by atoms with van der Waals surface area (Å²) < 4.78 is 0. The number of hydrogen-bond acceptors (Lipinski definition) is 4. The van der Waals surface area contributed by atoms with Crippen LogP contribution >= 0.6 is 0 Å². The zero-order valence-electron chi connectivity index (χ0n) is 13.3. The lowest BCUT2D eigenvalue weighted by Crippen LogP contribution is -2.22. The summed E-state index contributed by atoms with van der Waals surface area (Å²) in [5.41, 5.74) is 2.51. The molecule has 1 fully saturated rings. The van der Waals surface area contributed by atoms with Gasteiger partial charge >= 0.3 is 5.97 Å². The number of aromatic nitrogens is 2. The summed E-state index contributed by atoms with van der Waals surface area (Å²) in [6.07, 6.45) is 6.44. The number of anilines is 1. The lowest BCUT2D eigenvalue weighted by molar-refractivity contribution is 0.0695. The smallest absolute Gasteiger partial charge is 0.335 e. The molecule has 1 aromatic heterocycles. The van der Waals surface area contributed by atoms with Crippen molar-refractivity contribution >= 4 is 11.8 Å². The van der Waals surface area contributed by atoms with E-state index < -0.39 is 5.97 Å². The van der Waals surface area contributed by atoms with E-state index >= 15 is 0 Å². The Hall–Kier alpha value is -2.43. The molecule has 3 rings (SSSR count). The maximum Gasteiger partial charge on any atom is 0.335 e. The molecule has 1 saturated heterocycles. The average Bonchev–Trinajstić information content (AvgIpc) is 3.05. The van der Waals surface area contributed by atoms with E-state index in [1.807, 2.05) is 18.3 Å². The third-order valence-corrected chi connectivity index (χ3v) is 4.40. The molecule has 0 saturated carbocycles. The lowest BCUT2D eigenvalue weighted by Gasteiger charge is -2.20. The molecule has 0 bridgehead atoms. The van der Waals surface area contributed by atoms with Gasteiger partial charge in [-0.3, -0.25) is 0 Å². The number of aromatic carboxylic acids is 1. The van der Waals surface area contributed by atoms with E-state index in [-0.39, 0.29) is 5.92 Å². The van der Waals surface area contributed by atoms with Crippen molar-refractivity contribution in [2.75, 3.05) is 18.0 Å². The van der Waals surface area contributed by atoms with Gasteiger partial charge < -0.3 is 10.0 Å². The van der Waals surface area contributed by atoms with Crippen LogP contribution < -0.4 is 4.90 Å². The molecular formula is C18H21N3O2. The number of rotatable bonds is 5. The maximum atomic E-state index is 11.4. The highest BCUT2D eigenvalue weighted by Crippen LogP contribution is 2.33. The Labute approximate surface area is 136 Å². The molecule has 120 valence electrons. The summed E-state index contributed by atoms with van der Waals surface area (Å²) in [7, 11) is 0. The van der Waals surface area contributed by atoms with Crippen molar-refractivity contribution < 1.29 is 9.90 Å². The van der Waals surface area contributed by atoms with E-state index in [1.165, 1.54) is 5.56 Å². The van der Waals surface area contributed by atoms with E-state index in [4.69, 9.17) is 0 Å². The maximum absolute atomic E-state index is 11.4. The second kappa shape index (κ2) is 6.77. The normalized spacial score (nSPS) is 17.4. The number of carboxylic acid groups (broad SMARTS) is 1. The van der Waals surface area contributed by atoms with Crippen LogP contribution in [0.5, 0.6) is 0 Å². The molecule has 0 spiro atoms. The minimum atomic E-state index is -0.854. The first kappa shape index (κ1) is 15.5. The van der Waals surface area contributed by atoms with Gasteiger partial charge in [0.1, 0.15) is 12.1 Å². The third-order valence-electron chi connectivity index (χ3n) is 4.40. The van der Waals surface area contributed by atoms with Crippen LogP contribution in [-0.4, -0.2) is 34.1 Å². The van der Waals surface area contributed by atoms with Gasteiger partial charge in [0.25, 0.3) is 0 Å². The fraction of sp³-hybridized carbons (Fsp3) is 0.389. The highest BCUT2D eigenvalue weighted by molar-refractivity contribution is 5.89. The Morgan fingerprint density at radius 2 is 2.22 bits per heavy atom. The fourth-order valence-corrected chi connectivity index (χ4v) is 3.34. The highest BCUT2D eigenvalue weighted by Gasteiger charge is 2.28. The summed E-state index contributed by atoms with van der Waals surface area (Å²) in [5, 5.41) is 9.39. The molecule has 0 unspecified atom stereocenters. The van der Waals surface area contributed by atoms with Crippen LogP contribution in [0.1, 0.15) is 47.2 Å². The Kier molecular flexibility index (Phi) is 4.55. The quantitative estimate of drug-likeness (QED) is 0.919. The van der Waals surface area contributed by atoms with E-state index in [0.29, 0.717) is 5.56 Å². The van der Waals surface area contributed by atoms with Crippen LogP contribution in [0.25, 0.3) is 0 Å². The van der Waals surface area contributed by atoms with Crippen molar-refractivity contribution in [3.63, 3.8) is 0 Å². The Morgan fingerprint density at radius 1 is 1.39 bits per heavy atom. The van der Waals surface area contributed by atoms with Gasteiger partial charge in [0.05, 0.1) is 5.56 Å². The minimum absolute atomic E-state index is 0.228. The summed E-state index contributed by atoms with van der Waals surface area (Å²) >= 11 is 0. The highest BCUT2D eigenvalue weighted by atomic mass is 16.4. The van der Waals surface area contributed by atoms with Crippen LogP contribution in [0, 0.1) is 0 Å². The molecule has 1 N–H and O–H groups in total. The van der Waals surface area contributed by atoms with Crippen LogP contribution in [0.15, 0.2) is 36.8 Å². The first-order valence-electron chi connectivity index (χ1n) is 8.06. The number of benzene rings is 1. The van der Waals surface area contributed by atoms with Crippen LogP contribution in [-0.2, 0) is 6.42 Å². The van der Waals surface area contributed by atoms with Crippen molar-refractivity contribution in [2.24, 2.45) is 0 Å². The molecule has 0 aliphatic carbocycles. The van der Waals surface area contributed by atoms with E-state index in [0.717, 1.165) is 43.7 Å². The summed E-state index contributed by atoms with van der Waals surface area (Å²) in [5.74, 6) is 0.372. The largest absolute Gasteiger partial charge is 0.478 e. The summed E-state index contributed by atoms with van der Waals surface area (Å²) in [6.45, 7) is 3.84. The molecule has 0 amide bonds. The Bertz CT molecular complexity index is 702. The summed E-state index contributed by atoms with van der Waals surface area (Å²) in [4.78, 5) is 22.3. The van der Waals surface area contributed by atoms with Crippen molar-refractivity contribution in [3.8, 4) is 0 Å². The van der Waals surface area contributed by atoms with Crippen molar-refractivity contribution in [1.29, 1.82) is 0 Å².